The lowest BCUT2D eigenvalue weighted by molar-refractivity contribution is 0.105. The van der Waals surface area contributed by atoms with Crippen molar-refractivity contribution >= 4 is 39.1 Å². The highest BCUT2D eigenvalue weighted by Crippen LogP contribution is 2.22. The first-order valence-corrected chi connectivity index (χ1v) is 6.80. The molecule has 0 N–H and O–H groups in total. The zero-order valence-corrected chi connectivity index (χ0v) is 11.7. The lowest BCUT2D eigenvalue weighted by Crippen LogP contribution is -1.88. The molecule has 0 fully saturated rings. The number of hydrogen-bond donors (Lipinski definition) is 0. The predicted octanol–water partition coefficient (Wildman–Crippen LogP) is 4.72. The number of carbonyl (C=O) groups is 1. The monoisotopic (exact) mass is 306 g/mol. The maximum Gasteiger partial charge on any atom is 0.195 e. The van der Waals surface area contributed by atoms with Crippen molar-refractivity contribution in [2.75, 3.05) is 0 Å². The third kappa shape index (κ3) is 3.38. The van der Waals surface area contributed by atoms with Gasteiger partial charge in [-0.3, -0.25) is 4.79 Å². The van der Waals surface area contributed by atoms with Crippen molar-refractivity contribution in [3.05, 3.63) is 62.3 Å². The molecule has 1 aromatic heterocycles. The number of benzene rings is 1. The van der Waals surface area contributed by atoms with Gasteiger partial charge < -0.3 is 0 Å². The average molecular weight is 307 g/mol. The lowest BCUT2D eigenvalue weighted by atomic mass is 10.1. The quantitative estimate of drug-likeness (QED) is 0.592. The number of aryl methyl sites for hydroxylation is 1. The third-order valence-electron chi connectivity index (χ3n) is 2.32. The minimum Gasteiger partial charge on any atom is -0.288 e. The highest BCUT2D eigenvalue weighted by Gasteiger charge is 2.04. The van der Waals surface area contributed by atoms with Gasteiger partial charge in [0, 0.05) is 0 Å². The van der Waals surface area contributed by atoms with Crippen LogP contribution in [0.1, 0.15) is 20.8 Å². The van der Waals surface area contributed by atoms with Crippen LogP contribution < -0.4 is 0 Å². The lowest BCUT2D eigenvalue weighted by Gasteiger charge is -1.94. The molecule has 86 valence electrons. The summed E-state index contributed by atoms with van der Waals surface area (Å²) in [5, 5.41) is 0. The van der Waals surface area contributed by atoms with Crippen LogP contribution in [0, 0.1) is 6.92 Å². The maximum atomic E-state index is 11.8. The van der Waals surface area contributed by atoms with Gasteiger partial charge in [0.25, 0.3) is 0 Å². The number of hydrogen-bond acceptors (Lipinski definition) is 2. The van der Waals surface area contributed by atoms with Gasteiger partial charge in [0.15, 0.2) is 5.78 Å². The van der Waals surface area contributed by atoms with E-state index in [4.69, 9.17) is 0 Å². The van der Waals surface area contributed by atoms with E-state index in [1.165, 1.54) is 16.9 Å². The zero-order chi connectivity index (χ0) is 12.3. The molecule has 1 aromatic carbocycles. The minimum absolute atomic E-state index is 0.0428. The summed E-state index contributed by atoms with van der Waals surface area (Å²) in [6, 6.07) is 11.8. The van der Waals surface area contributed by atoms with Gasteiger partial charge in [-0.25, -0.2) is 0 Å². The van der Waals surface area contributed by atoms with Crippen molar-refractivity contribution in [3.8, 4) is 0 Å². The Morgan fingerprint density at radius 2 is 1.88 bits per heavy atom. The first-order chi connectivity index (χ1) is 8.15. The first-order valence-electron chi connectivity index (χ1n) is 5.19. The Morgan fingerprint density at radius 1 is 1.18 bits per heavy atom. The van der Waals surface area contributed by atoms with Gasteiger partial charge in [-0.1, -0.05) is 35.9 Å². The fourth-order valence-electron chi connectivity index (χ4n) is 1.38. The number of halogens is 1. The first kappa shape index (κ1) is 12.3. The van der Waals surface area contributed by atoms with Gasteiger partial charge in [0.2, 0.25) is 0 Å². The van der Waals surface area contributed by atoms with Crippen molar-refractivity contribution in [1.82, 2.24) is 0 Å². The molecule has 0 amide bonds. The van der Waals surface area contributed by atoms with E-state index in [1.807, 2.05) is 49.4 Å². The Labute approximate surface area is 113 Å². The summed E-state index contributed by atoms with van der Waals surface area (Å²) in [5.74, 6) is 0.0428. The van der Waals surface area contributed by atoms with Crippen molar-refractivity contribution in [2.24, 2.45) is 0 Å². The van der Waals surface area contributed by atoms with Crippen LogP contribution in [0.15, 0.2) is 46.3 Å². The number of thiophene rings is 1. The van der Waals surface area contributed by atoms with E-state index < -0.39 is 0 Å². The van der Waals surface area contributed by atoms with Crippen molar-refractivity contribution in [1.29, 1.82) is 0 Å². The second-order valence-electron chi connectivity index (χ2n) is 3.71. The van der Waals surface area contributed by atoms with Gasteiger partial charge in [-0.15, -0.1) is 11.3 Å². The van der Waals surface area contributed by atoms with Crippen LogP contribution in [0.3, 0.4) is 0 Å². The molecule has 0 saturated carbocycles. The number of allylic oxidation sites excluding steroid dienone is 1. The summed E-state index contributed by atoms with van der Waals surface area (Å²) in [7, 11) is 0. The molecule has 2 rings (SSSR count). The molecule has 0 saturated heterocycles. The highest BCUT2D eigenvalue weighted by atomic mass is 79.9. The van der Waals surface area contributed by atoms with Crippen molar-refractivity contribution in [2.45, 2.75) is 6.92 Å². The molecule has 17 heavy (non-hydrogen) atoms. The Bertz CT molecular complexity index is 552. The summed E-state index contributed by atoms with van der Waals surface area (Å²) in [4.78, 5) is 12.6. The van der Waals surface area contributed by atoms with Crippen molar-refractivity contribution < 1.29 is 4.79 Å². The van der Waals surface area contributed by atoms with Gasteiger partial charge in [-0.05, 0) is 46.6 Å². The number of ketones is 1. The topological polar surface area (TPSA) is 17.1 Å². The molecule has 0 aliphatic carbocycles. The summed E-state index contributed by atoms with van der Waals surface area (Å²) in [6.07, 6.45) is 3.46. The molecular weight excluding hydrogens is 296 g/mol. The zero-order valence-electron chi connectivity index (χ0n) is 9.31. The molecule has 0 aliphatic rings. The molecule has 0 aliphatic heterocycles. The smallest absolute Gasteiger partial charge is 0.195 e. The molecule has 1 nitrogen and oxygen atoms in total. The van der Waals surface area contributed by atoms with Crippen LogP contribution in [0.2, 0.25) is 0 Å². The standard InChI is InChI=1S/C14H11BrOS/c1-10-2-4-11(5-3-10)6-7-12(16)13-8-9-14(15)17-13/h2-9H,1H3/b7-6+. The Balaban J connectivity index is 2.10. The van der Waals surface area contributed by atoms with Crippen LogP contribution in [-0.2, 0) is 0 Å². The van der Waals surface area contributed by atoms with Gasteiger partial charge in [0.1, 0.15) is 0 Å². The molecule has 0 radical (unpaired) electrons. The molecule has 0 atom stereocenters. The van der Waals surface area contributed by atoms with E-state index >= 15 is 0 Å². The van der Waals surface area contributed by atoms with E-state index in [-0.39, 0.29) is 5.78 Å². The molecule has 0 spiro atoms. The Morgan fingerprint density at radius 3 is 2.47 bits per heavy atom. The second-order valence-corrected chi connectivity index (χ2v) is 6.18. The van der Waals surface area contributed by atoms with Gasteiger partial charge in [0.05, 0.1) is 8.66 Å². The summed E-state index contributed by atoms with van der Waals surface area (Å²) < 4.78 is 0.976. The largest absolute Gasteiger partial charge is 0.288 e. The fraction of sp³-hybridized carbons (Fsp3) is 0.0714. The summed E-state index contributed by atoms with van der Waals surface area (Å²) in [5.41, 5.74) is 2.26. The molecule has 0 bridgehead atoms. The van der Waals surface area contributed by atoms with Gasteiger partial charge in [-0.2, -0.15) is 0 Å². The van der Waals surface area contributed by atoms with E-state index in [9.17, 15) is 4.79 Å². The van der Waals surface area contributed by atoms with Crippen LogP contribution in [0.25, 0.3) is 6.08 Å². The van der Waals surface area contributed by atoms with Crippen LogP contribution in [0.4, 0.5) is 0 Å². The normalized spacial score (nSPS) is 10.9. The van der Waals surface area contributed by atoms with E-state index in [0.29, 0.717) is 0 Å². The molecular formula is C14H11BrOS. The van der Waals surface area contributed by atoms with Crippen LogP contribution in [0.5, 0.6) is 0 Å². The number of rotatable bonds is 3. The maximum absolute atomic E-state index is 11.8. The number of carbonyl (C=O) groups excluding carboxylic acids is 1. The Hall–Kier alpha value is -1.19. The highest BCUT2D eigenvalue weighted by molar-refractivity contribution is 9.11. The van der Waals surface area contributed by atoms with Crippen LogP contribution in [-0.4, -0.2) is 5.78 Å². The average Bonchev–Trinajstić information content (AvgIpc) is 2.75. The SMILES string of the molecule is Cc1ccc(/C=C/C(=O)c2ccc(Br)s2)cc1. The third-order valence-corrected chi connectivity index (χ3v) is 3.96. The van der Waals surface area contributed by atoms with Gasteiger partial charge >= 0.3 is 0 Å². The summed E-state index contributed by atoms with van der Waals surface area (Å²) >= 11 is 4.80. The molecule has 0 unspecified atom stereocenters. The molecule has 3 heteroatoms. The van der Waals surface area contributed by atoms with Crippen LogP contribution >= 0.6 is 27.3 Å². The Kier molecular flexibility index (Phi) is 3.92. The predicted molar refractivity (Wildman–Crippen MR) is 76.6 cm³/mol. The van der Waals surface area contributed by atoms with E-state index in [0.717, 1.165) is 14.2 Å². The second kappa shape index (κ2) is 5.43. The minimum atomic E-state index is 0.0428. The fourth-order valence-corrected chi connectivity index (χ4v) is 2.68. The van der Waals surface area contributed by atoms with E-state index in [1.54, 1.807) is 6.08 Å². The molecule has 2 aromatic rings. The molecule has 1 heterocycles. The summed E-state index contributed by atoms with van der Waals surface area (Å²) in [6.45, 7) is 2.04. The van der Waals surface area contributed by atoms with Crippen molar-refractivity contribution in [3.63, 3.8) is 0 Å². The van der Waals surface area contributed by atoms with E-state index in [2.05, 4.69) is 15.9 Å².